The molecule has 0 radical (unpaired) electrons. The van der Waals surface area contributed by atoms with E-state index in [4.69, 9.17) is 4.74 Å². The van der Waals surface area contributed by atoms with Crippen LogP contribution in [0.3, 0.4) is 0 Å². The van der Waals surface area contributed by atoms with Gasteiger partial charge in [-0.2, -0.15) is 0 Å². The largest absolute Gasteiger partial charge is 0.481 e. The number of carbonyl (C=O) groups is 3. The maximum Gasteiger partial charge on any atom is 0.307 e. The van der Waals surface area contributed by atoms with Gasteiger partial charge < -0.3 is 15.2 Å². The van der Waals surface area contributed by atoms with Gasteiger partial charge in [-0.05, 0) is 37.8 Å². The zero-order valence-corrected chi connectivity index (χ0v) is 15.6. The third kappa shape index (κ3) is 4.84. The van der Waals surface area contributed by atoms with Crippen LogP contribution in [0.5, 0.6) is 0 Å². The molecule has 1 aliphatic carbocycles. The number of ether oxygens (including phenoxy) is 1. The summed E-state index contributed by atoms with van der Waals surface area (Å²) in [6.45, 7) is 3.87. The number of methoxy groups -OCH3 is 1. The number of carboxylic acids is 1. The molecule has 0 aromatic heterocycles. The highest BCUT2D eigenvalue weighted by atomic mass is 16.5. The summed E-state index contributed by atoms with van der Waals surface area (Å²) in [7, 11) is 1.31. The molecule has 1 aromatic rings. The maximum atomic E-state index is 12.8. The van der Waals surface area contributed by atoms with Gasteiger partial charge in [0.2, 0.25) is 5.91 Å². The Hall–Kier alpha value is -2.37. The molecule has 1 aliphatic rings. The van der Waals surface area contributed by atoms with Crippen LogP contribution in [-0.4, -0.2) is 30.1 Å². The summed E-state index contributed by atoms with van der Waals surface area (Å²) in [5.41, 5.74) is 2.84. The highest BCUT2D eigenvalue weighted by Crippen LogP contribution is 2.32. The second-order valence-electron chi connectivity index (χ2n) is 7.04. The molecule has 6 nitrogen and oxygen atoms in total. The molecule has 0 aliphatic heterocycles. The number of amides is 1. The van der Waals surface area contributed by atoms with Crippen LogP contribution in [0.4, 0.5) is 0 Å². The number of benzene rings is 1. The van der Waals surface area contributed by atoms with Crippen LogP contribution < -0.4 is 5.32 Å². The zero-order valence-electron chi connectivity index (χ0n) is 15.6. The van der Waals surface area contributed by atoms with E-state index in [2.05, 4.69) is 5.32 Å². The van der Waals surface area contributed by atoms with Crippen LogP contribution in [0.2, 0.25) is 0 Å². The number of hydrogen-bond acceptors (Lipinski definition) is 4. The minimum Gasteiger partial charge on any atom is -0.481 e. The van der Waals surface area contributed by atoms with Crippen molar-refractivity contribution in [2.75, 3.05) is 7.11 Å². The van der Waals surface area contributed by atoms with Crippen molar-refractivity contribution in [1.82, 2.24) is 5.32 Å². The molecule has 2 N–H and O–H groups in total. The monoisotopic (exact) mass is 361 g/mol. The number of hydrogen-bond donors (Lipinski definition) is 2. The quantitative estimate of drug-likeness (QED) is 0.760. The van der Waals surface area contributed by atoms with Crippen molar-refractivity contribution in [3.63, 3.8) is 0 Å². The Labute approximate surface area is 153 Å². The lowest BCUT2D eigenvalue weighted by atomic mass is 9.78. The second-order valence-corrected chi connectivity index (χ2v) is 7.04. The number of nitrogens with one attached hydrogen (secondary N) is 1. The number of aliphatic carboxylic acids is 1. The van der Waals surface area contributed by atoms with E-state index in [1.165, 1.54) is 7.11 Å². The summed E-state index contributed by atoms with van der Waals surface area (Å²) in [5, 5.41) is 12.3. The molecule has 1 amide bonds. The Morgan fingerprint density at radius 1 is 1.19 bits per heavy atom. The average Bonchev–Trinajstić information content (AvgIpc) is 2.62. The normalized spacial score (nSPS) is 20.9. The minimum atomic E-state index is -0.930. The first kappa shape index (κ1) is 19.9. The molecule has 0 heterocycles. The van der Waals surface area contributed by atoms with E-state index < -0.39 is 29.8 Å². The van der Waals surface area contributed by atoms with E-state index in [0.29, 0.717) is 12.8 Å². The number of carbonyl (C=O) groups excluding carboxylic acids is 2. The van der Waals surface area contributed by atoms with Crippen LogP contribution >= 0.6 is 0 Å². The molecule has 3 atom stereocenters. The molecule has 26 heavy (non-hydrogen) atoms. The van der Waals surface area contributed by atoms with Crippen LogP contribution in [-0.2, 0) is 19.1 Å². The van der Waals surface area contributed by atoms with E-state index in [-0.39, 0.29) is 12.3 Å². The lowest BCUT2D eigenvalue weighted by Gasteiger charge is -2.30. The SMILES string of the molecule is COC(=O)CC(NC(=O)C1CCCCC1C(=O)O)c1cc(C)ccc1C. The Balaban J connectivity index is 2.25. The van der Waals surface area contributed by atoms with Gasteiger partial charge in [0.05, 0.1) is 31.4 Å². The topological polar surface area (TPSA) is 92.7 Å². The van der Waals surface area contributed by atoms with Crippen molar-refractivity contribution in [3.8, 4) is 0 Å². The van der Waals surface area contributed by atoms with Gasteiger partial charge >= 0.3 is 11.9 Å². The fraction of sp³-hybridized carbons (Fsp3) is 0.550. The van der Waals surface area contributed by atoms with E-state index in [9.17, 15) is 19.5 Å². The first-order valence-corrected chi connectivity index (χ1v) is 9.00. The highest BCUT2D eigenvalue weighted by Gasteiger charge is 2.36. The Morgan fingerprint density at radius 2 is 1.85 bits per heavy atom. The molecule has 6 heteroatoms. The lowest BCUT2D eigenvalue weighted by molar-refractivity contribution is -0.149. The van der Waals surface area contributed by atoms with Crippen LogP contribution in [0.15, 0.2) is 18.2 Å². The zero-order chi connectivity index (χ0) is 19.3. The average molecular weight is 361 g/mol. The molecule has 142 valence electrons. The van der Waals surface area contributed by atoms with Gasteiger partial charge in [0.15, 0.2) is 0 Å². The molecule has 3 unspecified atom stereocenters. The van der Waals surface area contributed by atoms with Gasteiger partial charge in [0.1, 0.15) is 0 Å². The first-order valence-electron chi connectivity index (χ1n) is 9.00. The fourth-order valence-electron chi connectivity index (χ4n) is 3.64. The smallest absolute Gasteiger partial charge is 0.307 e. The Kier molecular flexibility index (Phi) is 6.77. The summed E-state index contributed by atoms with van der Waals surface area (Å²) >= 11 is 0. The van der Waals surface area contributed by atoms with E-state index in [1.807, 2.05) is 32.0 Å². The van der Waals surface area contributed by atoms with Crippen molar-refractivity contribution in [2.45, 2.75) is 52.0 Å². The summed E-state index contributed by atoms with van der Waals surface area (Å²) < 4.78 is 4.77. The van der Waals surface area contributed by atoms with Gasteiger partial charge in [-0.3, -0.25) is 14.4 Å². The van der Waals surface area contributed by atoms with Gasteiger partial charge in [-0.25, -0.2) is 0 Å². The molecule has 0 saturated heterocycles. The minimum absolute atomic E-state index is 0.0109. The Morgan fingerprint density at radius 3 is 2.46 bits per heavy atom. The number of aryl methyl sites for hydroxylation is 2. The van der Waals surface area contributed by atoms with Crippen molar-refractivity contribution < 1.29 is 24.2 Å². The lowest BCUT2D eigenvalue weighted by Crippen LogP contribution is -2.41. The fourth-order valence-corrected chi connectivity index (χ4v) is 3.64. The molecule has 0 bridgehead atoms. The van der Waals surface area contributed by atoms with Crippen molar-refractivity contribution in [3.05, 3.63) is 34.9 Å². The highest BCUT2D eigenvalue weighted by molar-refractivity contribution is 5.85. The number of rotatable bonds is 6. The van der Waals surface area contributed by atoms with Crippen LogP contribution in [0, 0.1) is 25.7 Å². The Bertz CT molecular complexity index is 685. The predicted octanol–water partition coefficient (Wildman–Crippen LogP) is 2.91. The molecule has 0 spiro atoms. The first-order chi connectivity index (χ1) is 12.3. The molecular formula is C20H27NO5. The summed E-state index contributed by atoms with van der Waals surface area (Å²) in [6, 6.07) is 5.32. The second kappa shape index (κ2) is 8.83. The number of esters is 1. The summed E-state index contributed by atoms with van der Waals surface area (Å²) in [6.07, 6.45) is 2.74. The third-order valence-corrected chi connectivity index (χ3v) is 5.15. The van der Waals surface area contributed by atoms with Gasteiger partial charge in [-0.15, -0.1) is 0 Å². The number of carboxylic acid groups (broad SMARTS) is 1. The molecule has 2 rings (SSSR count). The predicted molar refractivity (Wildman–Crippen MR) is 96.5 cm³/mol. The third-order valence-electron chi connectivity index (χ3n) is 5.15. The molecule has 1 aromatic carbocycles. The van der Waals surface area contributed by atoms with Gasteiger partial charge in [0, 0.05) is 0 Å². The van der Waals surface area contributed by atoms with E-state index in [1.54, 1.807) is 0 Å². The summed E-state index contributed by atoms with van der Waals surface area (Å²) in [5.74, 6) is -2.88. The van der Waals surface area contributed by atoms with Crippen molar-refractivity contribution in [1.29, 1.82) is 0 Å². The maximum absolute atomic E-state index is 12.8. The van der Waals surface area contributed by atoms with Gasteiger partial charge in [0.25, 0.3) is 0 Å². The molecular weight excluding hydrogens is 334 g/mol. The molecule has 1 fully saturated rings. The van der Waals surface area contributed by atoms with Gasteiger partial charge in [-0.1, -0.05) is 36.6 Å². The molecule has 1 saturated carbocycles. The standard InChI is InChI=1S/C20H27NO5/c1-12-8-9-13(2)16(10-12)17(11-18(22)26-3)21-19(23)14-6-4-5-7-15(14)20(24)25/h8-10,14-15,17H,4-7,11H2,1-3H3,(H,21,23)(H,24,25). The van der Waals surface area contributed by atoms with E-state index >= 15 is 0 Å². The van der Waals surface area contributed by atoms with Crippen LogP contribution in [0.1, 0.15) is 54.8 Å². The summed E-state index contributed by atoms with van der Waals surface area (Å²) in [4.78, 5) is 36.2. The van der Waals surface area contributed by atoms with Crippen molar-refractivity contribution in [2.24, 2.45) is 11.8 Å². The van der Waals surface area contributed by atoms with Crippen LogP contribution in [0.25, 0.3) is 0 Å². The van der Waals surface area contributed by atoms with E-state index in [0.717, 1.165) is 29.5 Å². The van der Waals surface area contributed by atoms with Crippen molar-refractivity contribution >= 4 is 17.8 Å².